The van der Waals surface area contributed by atoms with Crippen LogP contribution in [0.2, 0.25) is 0 Å². The Bertz CT molecular complexity index is 704. The van der Waals surface area contributed by atoms with Crippen molar-refractivity contribution in [1.29, 1.82) is 0 Å². The third-order valence-corrected chi connectivity index (χ3v) is 2.28. The monoisotopic (exact) mass is 316 g/mol. The van der Waals surface area contributed by atoms with E-state index in [1.54, 1.807) is 0 Å². The van der Waals surface area contributed by atoms with E-state index in [-0.39, 0.29) is 16.7 Å². The van der Waals surface area contributed by atoms with Gasteiger partial charge in [-0.2, -0.15) is 4.52 Å². The maximum Gasteiger partial charge on any atom is 0.362 e. The third-order valence-electron chi connectivity index (χ3n) is 2.28. The number of aromatic carboxylic acids is 2. The predicted octanol–water partition coefficient (Wildman–Crippen LogP) is -0.968. The molecule has 2 heterocycles. The molecule has 11 nitrogen and oxygen atoms in total. The minimum absolute atomic E-state index is 0. The number of carboxylic acids is 2. The van der Waals surface area contributed by atoms with Crippen molar-refractivity contribution < 1.29 is 30.0 Å². The van der Waals surface area contributed by atoms with Crippen LogP contribution in [0.5, 0.6) is 0 Å². The van der Waals surface area contributed by atoms with Crippen molar-refractivity contribution in [2.45, 2.75) is 13.8 Å². The van der Waals surface area contributed by atoms with Gasteiger partial charge in [0.2, 0.25) is 5.69 Å². The lowest BCUT2D eigenvalue weighted by atomic mass is 10.3. The van der Waals surface area contributed by atoms with Gasteiger partial charge in [0.15, 0.2) is 5.65 Å². The molecule has 2 aromatic rings. The summed E-state index contributed by atoms with van der Waals surface area (Å²) in [6, 6.07) is 0. The molecule has 0 aliphatic heterocycles. The molecule has 0 aliphatic carbocycles. The van der Waals surface area contributed by atoms with Gasteiger partial charge in [0.25, 0.3) is 0 Å². The number of carboxylic acid groups (broad SMARTS) is 2. The zero-order chi connectivity index (χ0) is 16.0. The maximum atomic E-state index is 11.5. The second-order valence-corrected chi connectivity index (χ2v) is 3.59. The molecule has 0 saturated carbocycles. The van der Waals surface area contributed by atoms with Gasteiger partial charge in [-0.15, -0.1) is 10.2 Å². The first-order valence-corrected chi connectivity index (χ1v) is 5.95. The number of nitrogens with one attached hydrogen (secondary N) is 1. The molecule has 0 saturated heterocycles. The van der Waals surface area contributed by atoms with Gasteiger partial charge < -0.3 is 20.4 Å². The number of aromatic nitrogens is 4. The number of hydrogen-bond acceptors (Lipinski definition) is 6. The summed E-state index contributed by atoms with van der Waals surface area (Å²) in [5.41, 5.74) is -2.25. The quantitative estimate of drug-likeness (QED) is 0.644. The minimum atomic E-state index is -1.53. The van der Waals surface area contributed by atoms with Gasteiger partial charge in [-0.25, -0.2) is 9.59 Å². The number of rotatable bonds is 4. The van der Waals surface area contributed by atoms with Crippen LogP contribution in [0, 0.1) is 0 Å². The SMILES string of the molecule is CCOCC.O.O=C(O)c1nnc2c(C(=O)O)c[nH]n2c1=O. The van der Waals surface area contributed by atoms with Gasteiger partial charge in [-0.05, 0) is 13.8 Å². The van der Waals surface area contributed by atoms with Crippen molar-refractivity contribution in [1.82, 2.24) is 19.8 Å². The van der Waals surface area contributed by atoms with E-state index in [0.29, 0.717) is 4.52 Å². The number of ether oxygens (including phenoxy) is 1. The summed E-state index contributed by atoms with van der Waals surface area (Å²) >= 11 is 0. The number of fused-ring (bicyclic) bond motifs is 1. The van der Waals surface area contributed by atoms with Crippen LogP contribution >= 0.6 is 0 Å². The first-order valence-electron chi connectivity index (χ1n) is 5.95. The van der Waals surface area contributed by atoms with Crippen molar-refractivity contribution in [3.05, 3.63) is 27.8 Å². The van der Waals surface area contributed by atoms with E-state index in [9.17, 15) is 14.4 Å². The van der Waals surface area contributed by atoms with E-state index in [1.807, 2.05) is 13.8 Å². The van der Waals surface area contributed by atoms with Crippen molar-refractivity contribution in [3.63, 3.8) is 0 Å². The Morgan fingerprint density at radius 2 is 1.82 bits per heavy atom. The molecule has 0 unspecified atom stereocenters. The smallest absolute Gasteiger partial charge is 0.362 e. The Kier molecular flexibility index (Phi) is 7.41. The molecule has 2 aromatic heterocycles. The summed E-state index contributed by atoms with van der Waals surface area (Å²) in [6.45, 7) is 5.67. The summed E-state index contributed by atoms with van der Waals surface area (Å²) < 4.78 is 5.54. The molecule has 0 amide bonds. The maximum absolute atomic E-state index is 11.5. The van der Waals surface area contributed by atoms with Crippen molar-refractivity contribution >= 4 is 17.6 Å². The van der Waals surface area contributed by atoms with Gasteiger partial charge in [-0.1, -0.05) is 0 Å². The van der Waals surface area contributed by atoms with Crippen LogP contribution in [-0.2, 0) is 4.74 Å². The molecule has 5 N–H and O–H groups in total. The Balaban J connectivity index is 0.000000644. The average molecular weight is 316 g/mol. The molecule has 0 aliphatic rings. The van der Waals surface area contributed by atoms with Gasteiger partial charge in [0, 0.05) is 19.4 Å². The molecule has 0 bridgehead atoms. The first-order chi connectivity index (χ1) is 9.93. The summed E-state index contributed by atoms with van der Waals surface area (Å²) in [7, 11) is 0. The van der Waals surface area contributed by atoms with Crippen molar-refractivity contribution in [2.75, 3.05) is 13.2 Å². The summed E-state index contributed by atoms with van der Waals surface area (Å²) in [6.07, 6.45) is 1.03. The molecule has 0 fully saturated rings. The summed E-state index contributed by atoms with van der Waals surface area (Å²) in [5, 5.41) is 26.1. The predicted molar refractivity (Wildman–Crippen MR) is 73.3 cm³/mol. The lowest BCUT2D eigenvalue weighted by Crippen LogP contribution is -2.25. The van der Waals surface area contributed by atoms with Crippen molar-refractivity contribution in [2.24, 2.45) is 0 Å². The van der Waals surface area contributed by atoms with Gasteiger partial charge in [0.1, 0.15) is 5.56 Å². The average Bonchev–Trinajstić information content (AvgIpc) is 2.85. The lowest BCUT2D eigenvalue weighted by molar-refractivity contribution is 0.0682. The van der Waals surface area contributed by atoms with Crippen molar-refractivity contribution in [3.8, 4) is 0 Å². The summed E-state index contributed by atoms with van der Waals surface area (Å²) in [4.78, 5) is 32.7. The van der Waals surface area contributed by atoms with E-state index in [4.69, 9.17) is 14.9 Å². The number of carbonyl (C=O) groups is 2. The Hall–Kier alpha value is -2.79. The Morgan fingerprint density at radius 3 is 2.23 bits per heavy atom. The Labute approximate surface area is 123 Å². The second-order valence-electron chi connectivity index (χ2n) is 3.59. The molecule has 2 rings (SSSR count). The molecule has 11 heteroatoms. The van der Waals surface area contributed by atoms with E-state index >= 15 is 0 Å². The zero-order valence-electron chi connectivity index (χ0n) is 11.9. The molecule has 0 atom stereocenters. The van der Waals surface area contributed by atoms with Crippen LogP contribution < -0.4 is 5.56 Å². The molecule has 0 radical (unpaired) electrons. The lowest BCUT2D eigenvalue weighted by Gasteiger charge is -1.94. The molecular weight excluding hydrogens is 300 g/mol. The highest BCUT2D eigenvalue weighted by atomic mass is 16.5. The second kappa shape index (κ2) is 8.49. The normalized spacial score (nSPS) is 9.55. The van der Waals surface area contributed by atoms with Crippen LogP contribution in [0.1, 0.15) is 34.7 Å². The number of hydrogen-bond donors (Lipinski definition) is 3. The number of H-pyrrole nitrogens is 1. The minimum Gasteiger partial charge on any atom is -0.477 e. The molecule has 0 aromatic carbocycles. The fourth-order valence-electron chi connectivity index (χ4n) is 1.37. The third kappa shape index (κ3) is 4.10. The highest BCUT2D eigenvalue weighted by molar-refractivity contribution is 5.94. The molecule has 22 heavy (non-hydrogen) atoms. The van der Waals surface area contributed by atoms with E-state index < -0.39 is 23.2 Å². The van der Waals surface area contributed by atoms with Crippen LogP contribution in [0.3, 0.4) is 0 Å². The van der Waals surface area contributed by atoms with Crippen LogP contribution in [-0.4, -0.2) is 60.7 Å². The van der Waals surface area contributed by atoms with Crippen LogP contribution in [0.15, 0.2) is 11.0 Å². The van der Waals surface area contributed by atoms with Gasteiger partial charge >= 0.3 is 17.5 Å². The van der Waals surface area contributed by atoms with Gasteiger partial charge in [0.05, 0.1) is 0 Å². The molecule has 0 spiro atoms. The van der Waals surface area contributed by atoms with E-state index in [2.05, 4.69) is 15.3 Å². The fraction of sp³-hybridized carbons (Fsp3) is 0.364. The van der Waals surface area contributed by atoms with Crippen LogP contribution in [0.25, 0.3) is 5.65 Å². The first kappa shape index (κ1) is 19.2. The fourth-order valence-corrected chi connectivity index (χ4v) is 1.37. The molecular formula is C11H16N4O7. The van der Waals surface area contributed by atoms with E-state index in [0.717, 1.165) is 19.4 Å². The Morgan fingerprint density at radius 1 is 1.23 bits per heavy atom. The number of nitrogens with zero attached hydrogens (tertiary/aromatic N) is 3. The van der Waals surface area contributed by atoms with Crippen LogP contribution in [0.4, 0.5) is 0 Å². The largest absolute Gasteiger partial charge is 0.477 e. The topological polar surface area (TPSA) is 178 Å². The van der Waals surface area contributed by atoms with Gasteiger partial charge in [-0.3, -0.25) is 9.89 Å². The zero-order valence-corrected chi connectivity index (χ0v) is 11.9. The highest BCUT2D eigenvalue weighted by Gasteiger charge is 2.19. The summed E-state index contributed by atoms with van der Waals surface area (Å²) in [5.74, 6) is -2.83. The highest BCUT2D eigenvalue weighted by Crippen LogP contribution is 2.04. The number of aromatic amines is 1. The molecule has 122 valence electrons. The van der Waals surface area contributed by atoms with E-state index in [1.165, 1.54) is 0 Å². The standard InChI is InChI=1S/C7H4N4O5.C4H10O.H2O/c12-5-3(7(15)16)9-10-4-2(6(13)14)1-8-11(4)5;1-3-5-4-2;/h1,8H,(H,13,14)(H,15,16);3-4H2,1-2H3;1H2.